The number of hydrogen-bond acceptors (Lipinski definition) is 5. The molecule has 1 aromatic carbocycles. The Kier molecular flexibility index (Phi) is 8.64. The Morgan fingerprint density at radius 2 is 0.889 bits per heavy atom. The first kappa shape index (κ1) is 37.9. The molecule has 0 radical (unpaired) electrons. The molecule has 0 aliphatic carbocycles. The molecule has 0 amide bonds. The number of aromatic nitrogens is 6. The van der Waals surface area contributed by atoms with E-state index in [1.807, 2.05) is 0 Å². The second-order valence-corrected chi connectivity index (χ2v) is 19.8. The number of anilines is 3. The number of nitrogens with zero attached hydrogens (tertiary/aromatic N) is 7. The van der Waals surface area contributed by atoms with Crippen molar-refractivity contribution in [1.29, 1.82) is 0 Å². The summed E-state index contributed by atoms with van der Waals surface area (Å²) >= 11 is 0. The molecule has 0 spiro atoms. The molecule has 7 nitrogen and oxygen atoms in total. The lowest BCUT2D eigenvalue weighted by Gasteiger charge is -2.27. The van der Waals surface area contributed by atoms with E-state index in [1.54, 1.807) is 0 Å². The summed E-state index contributed by atoms with van der Waals surface area (Å²) in [6.07, 6.45) is 0. The van der Waals surface area contributed by atoms with Gasteiger partial charge in [-0.2, -0.15) is 0 Å². The number of aryl methyl sites for hydroxylation is 5. The van der Waals surface area contributed by atoms with Crippen LogP contribution in [-0.2, 0) is 21.1 Å². The van der Waals surface area contributed by atoms with Gasteiger partial charge in [-0.1, -0.05) is 69.5 Å². The molecule has 0 aliphatic heterocycles. The van der Waals surface area contributed by atoms with Gasteiger partial charge in [0.15, 0.2) is 11.6 Å². The maximum atomic E-state index is 5.63. The molecular weight excluding hydrogens is 655 g/mol. The number of rotatable bonds is 5. The molecule has 0 saturated heterocycles. The van der Waals surface area contributed by atoms with Gasteiger partial charge in [-0.05, 0) is 82.1 Å². The molecular formula is C41H53B6N7. The van der Waals surface area contributed by atoms with Crippen LogP contribution in [0.1, 0.15) is 92.4 Å². The van der Waals surface area contributed by atoms with Crippen molar-refractivity contribution in [3.8, 4) is 0 Å². The van der Waals surface area contributed by atoms with E-state index in [0.717, 1.165) is 73.2 Å². The topological polar surface area (TPSA) is 63.6 Å². The monoisotopic (exact) mass is 709 g/mol. The van der Waals surface area contributed by atoms with Gasteiger partial charge in [0.2, 0.25) is 0 Å². The summed E-state index contributed by atoms with van der Waals surface area (Å²) < 4.78 is 4.72. The van der Waals surface area contributed by atoms with Gasteiger partial charge in [0, 0.05) is 44.4 Å². The van der Waals surface area contributed by atoms with Crippen molar-refractivity contribution < 1.29 is 0 Å². The van der Waals surface area contributed by atoms with Crippen LogP contribution in [0, 0.1) is 34.6 Å². The molecule has 270 valence electrons. The zero-order valence-corrected chi connectivity index (χ0v) is 35.7. The van der Waals surface area contributed by atoms with Crippen molar-refractivity contribution in [2.24, 2.45) is 0 Å². The van der Waals surface area contributed by atoms with Gasteiger partial charge >= 0.3 is 0 Å². The van der Waals surface area contributed by atoms with Crippen molar-refractivity contribution >= 4 is 97.5 Å². The van der Waals surface area contributed by atoms with Crippen LogP contribution in [0.25, 0.3) is 33.1 Å². The summed E-state index contributed by atoms with van der Waals surface area (Å²) in [5.41, 5.74) is 14.9. The van der Waals surface area contributed by atoms with Gasteiger partial charge in [-0.3, -0.25) is 14.9 Å². The fourth-order valence-corrected chi connectivity index (χ4v) is 8.07. The first-order chi connectivity index (χ1) is 24.9. The zero-order chi connectivity index (χ0) is 39.6. The van der Waals surface area contributed by atoms with Crippen LogP contribution in [0.5, 0.6) is 0 Å². The van der Waals surface area contributed by atoms with Crippen LogP contribution in [-0.4, -0.2) is 75.8 Å². The summed E-state index contributed by atoms with van der Waals surface area (Å²) in [6, 6.07) is 17.9. The highest BCUT2D eigenvalue weighted by atomic mass is 15.3. The highest BCUT2D eigenvalue weighted by Gasteiger charge is 2.32. The van der Waals surface area contributed by atoms with Crippen molar-refractivity contribution in [2.45, 2.75) is 97.2 Å². The largest absolute Gasteiger partial charge is 0.300 e. The molecule has 0 N–H and O–H groups in total. The molecule has 0 saturated carbocycles. The summed E-state index contributed by atoms with van der Waals surface area (Å²) in [4.78, 5) is 24.1. The van der Waals surface area contributed by atoms with Crippen molar-refractivity contribution in [2.75, 3.05) is 4.90 Å². The first-order valence-corrected chi connectivity index (χ1v) is 19.4. The number of pyridine rings is 4. The Morgan fingerprint density at radius 1 is 0.519 bits per heavy atom. The third kappa shape index (κ3) is 6.16. The molecule has 0 aliphatic rings. The molecule has 0 unspecified atom stereocenters. The average Bonchev–Trinajstić information content (AvgIpc) is 3.56. The first-order valence-electron chi connectivity index (χ1n) is 19.4. The van der Waals surface area contributed by atoms with E-state index >= 15 is 0 Å². The molecule has 54 heavy (non-hydrogen) atoms. The maximum absolute atomic E-state index is 5.63. The van der Waals surface area contributed by atoms with Gasteiger partial charge in [-0.15, -0.1) is 0 Å². The van der Waals surface area contributed by atoms with Crippen LogP contribution < -0.4 is 4.90 Å². The van der Waals surface area contributed by atoms with Crippen molar-refractivity contribution in [3.05, 3.63) is 99.4 Å². The lowest BCUT2D eigenvalue weighted by molar-refractivity contribution is 0.571. The van der Waals surface area contributed by atoms with Crippen LogP contribution in [0.3, 0.4) is 0 Å². The van der Waals surface area contributed by atoms with E-state index in [0.29, 0.717) is 0 Å². The van der Waals surface area contributed by atoms with Crippen LogP contribution in [0.15, 0.2) is 48.5 Å². The van der Waals surface area contributed by atoms with Gasteiger partial charge in [-0.25, -0.2) is 9.97 Å². The minimum absolute atomic E-state index is 0.0728. The van der Waals surface area contributed by atoms with Crippen LogP contribution in [0.2, 0.25) is 0 Å². The lowest BCUT2D eigenvalue weighted by Crippen LogP contribution is -2.30. The normalized spacial score (nSPS) is 13.2. The molecule has 13 heteroatoms. The average molecular weight is 709 g/mol. The Hall–Kier alpha value is -4.39. The molecule has 7 rings (SSSR count). The molecule has 0 atom stereocenters. The third-order valence-corrected chi connectivity index (χ3v) is 10.9. The fourth-order valence-electron chi connectivity index (χ4n) is 8.07. The minimum Gasteiger partial charge on any atom is -0.300 e. The summed E-state index contributed by atoms with van der Waals surface area (Å²) in [6.45, 7) is 24.3. The Morgan fingerprint density at radius 3 is 1.22 bits per heavy atom. The van der Waals surface area contributed by atoms with Gasteiger partial charge < -0.3 is 8.80 Å². The van der Waals surface area contributed by atoms with Gasteiger partial charge in [0.05, 0.1) is 75.2 Å². The van der Waals surface area contributed by atoms with Gasteiger partial charge in [0.1, 0.15) is 11.3 Å². The highest BCUT2D eigenvalue weighted by molar-refractivity contribution is 6.59. The molecule has 6 aromatic heterocycles. The Labute approximate surface area is 326 Å². The maximum Gasteiger partial charge on any atom is 0.161 e. The van der Waals surface area contributed by atoms with Crippen molar-refractivity contribution in [3.63, 3.8) is 0 Å². The highest BCUT2D eigenvalue weighted by Crippen LogP contribution is 2.44. The second kappa shape index (κ2) is 12.3. The Bertz CT molecular complexity index is 2490. The van der Waals surface area contributed by atoms with E-state index in [9.17, 15) is 0 Å². The van der Waals surface area contributed by atoms with Crippen LogP contribution in [0.4, 0.5) is 17.3 Å². The SMILES string of the molecule is BC(B)(B)c1cc2nc(C(C)(C)C)ccc2c2nc(N(c3nc4c5ccc(C(C)(C)C)nc5cc(C(B)(B)B)n4c3C)c3c(C)cc(C)cc3C)c(C)n12. The predicted octanol–water partition coefficient (Wildman–Crippen LogP) is 3.70. The standard InChI is InChI=1S/C41H53B6N7/c1-20-16-21(2)33(22(3)17-20)54(34-23(4)52-31(40(42,43)44)18-27-25(36(52)50-34)12-14-29(48-27)38(6,7)8)35-24(5)53-32(41(45,46)47)19-28-26(37(53)51-35)13-15-30(49-28)39(9,10)11/h12-19H,42-47H2,1-11H3. The fraction of sp³-hybridized carbons (Fsp3) is 0.366. The van der Waals surface area contributed by atoms with E-state index in [1.165, 1.54) is 28.1 Å². The van der Waals surface area contributed by atoms with E-state index in [-0.39, 0.29) is 21.1 Å². The van der Waals surface area contributed by atoms with Crippen molar-refractivity contribution in [1.82, 2.24) is 28.7 Å². The smallest absolute Gasteiger partial charge is 0.161 e. The lowest BCUT2D eigenvalue weighted by atomic mass is 9.41. The van der Waals surface area contributed by atoms with E-state index < -0.39 is 0 Å². The summed E-state index contributed by atoms with van der Waals surface area (Å²) in [5.74, 6) is 1.73. The molecule has 6 heterocycles. The van der Waals surface area contributed by atoms with E-state index in [4.69, 9.17) is 19.9 Å². The van der Waals surface area contributed by atoms with E-state index in [2.05, 4.69) is 185 Å². The number of imidazole rings is 2. The molecule has 0 fully saturated rings. The second-order valence-electron chi connectivity index (χ2n) is 19.8. The summed E-state index contributed by atoms with van der Waals surface area (Å²) in [7, 11) is 13.6. The minimum atomic E-state index is -0.173. The number of benzene rings is 1. The summed E-state index contributed by atoms with van der Waals surface area (Å²) in [5, 5.41) is 1.73. The van der Waals surface area contributed by atoms with Gasteiger partial charge in [0.25, 0.3) is 0 Å². The number of hydrogen-bond donors (Lipinski definition) is 0. The van der Waals surface area contributed by atoms with Crippen LogP contribution >= 0.6 is 0 Å². The Balaban J connectivity index is 1.63. The predicted molar refractivity (Wildman–Crippen MR) is 245 cm³/mol. The molecule has 7 aromatic rings. The number of fused-ring (bicyclic) bond motifs is 6. The quantitative estimate of drug-likeness (QED) is 0.256. The third-order valence-electron chi connectivity index (χ3n) is 10.9. The molecule has 0 bridgehead atoms. The zero-order valence-electron chi connectivity index (χ0n) is 35.7.